The maximum Gasteiger partial charge on any atom is 0.122 e. The molecule has 0 aromatic heterocycles. The van der Waals surface area contributed by atoms with Crippen LogP contribution < -0.4 is 10.1 Å². The standard InChI is InChI=1S/C18H20ClNO2S/c1-23(21)12-14-2-4-16(19)17(11-14)20-8-6-13-3-5-18-15(10-13)7-9-22-18/h2-5,10-11,20H,6-9,12H2,1H3/t23-/m0/s1. The Labute approximate surface area is 144 Å². The summed E-state index contributed by atoms with van der Waals surface area (Å²) >= 11 is 6.24. The van der Waals surface area contributed by atoms with Crippen molar-refractivity contribution in [3.05, 3.63) is 58.1 Å². The van der Waals surface area contributed by atoms with Crippen LogP contribution in [0.1, 0.15) is 16.7 Å². The Balaban J connectivity index is 1.61. The van der Waals surface area contributed by atoms with Gasteiger partial charge in [-0.1, -0.05) is 29.8 Å². The summed E-state index contributed by atoms with van der Waals surface area (Å²) in [6.45, 7) is 1.59. The Hall–Kier alpha value is -1.52. The number of benzene rings is 2. The van der Waals surface area contributed by atoms with Crippen molar-refractivity contribution in [2.24, 2.45) is 0 Å². The number of anilines is 1. The first-order valence-electron chi connectivity index (χ1n) is 7.69. The van der Waals surface area contributed by atoms with Gasteiger partial charge >= 0.3 is 0 Å². The lowest BCUT2D eigenvalue weighted by molar-refractivity contribution is 0.357. The molecule has 0 saturated heterocycles. The monoisotopic (exact) mass is 349 g/mol. The molecule has 5 heteroatoms. The molecule has 1 N–H and O–H groups in total. The highest BCUT2D eigenvalue weighted by molar-refractivity contribution is 7.83. The fourth-order valence-corrected chi connectivity index (χ4v) is 3.60. The van der Waals surface area contributed by atoms with E-state index in [0.717, 1.165) is 43.0 Å². The van der Waals surface area contributed by atoms with Gasteiger partial charge in [0.1, 0.15) is 5.75 Å². The first-order valence-corrected chi connectivity index (χ1v) is 9.79. The van der Waals surface area contributed by atoms with Gasteiger partial charge in [-0.25, -0.2) is 0 Å². The van der Waals surface area contributed by atoms with E-state index in [4.69, 9.17) is 16.3 Å². The smallest absolute Gasteiger partial charge is 0.122 e. The van der Waals surface area contributed by atoms with Gasteiger partial charge in [-0.15, -0.1) is 0 Å². The molecule has 0 unspecified atom stereocenters. The molecule has 1 atom stereocenters. The van der Waals surface area contributed by atoms with Crippen molar-refractivity contribution in [3.8, 4) is 5.75 Å². The van der Waals surface area contributed by atoms with Crippen molar-refractivity contribution < 1.29 is 8.95 Å². The predicted octanol–water partition coefficient (Wildman–Crippen LogP) is 3.81. The summed E-state index contributed by atoms with van der Waals surface area (Å²) in [4.78, 5) is 0. The van der Waals surface area contributed by atoms with E-state index < -0.39 is 10.8 Å². The van der Waals surface area contributed by atoms with Crippen LogP contribution >= 0.6 is 11.6 Å². The normalized spacial score (nSPS) is 14.2. The fraction of sp³-hybridized carbons (Fsp3) is 0.333. The highest BCUT2D eigenvalue weighted by Gasteiger charge is 2.11. The number of fused-ring (bicyclic) bond motifs is 1. The van der Waals surface area contributed by atoms with Gasteiger partial charge in [-0.05, 0) is 41.3 Å². The molecule has 0 bridgehead atoms. The third-order valence-corrected chi connectivity index (χ3v) is 4.95. The molecular formula is C18H20ClNO2S. The Morgan fingerprint density at radius 1 is 1.22 bits per heavy atom. The van der Waals surface area contributed by atoms with Crippen LogP contribution in [-0.4, -0.2) is 23.6 Å². The molecule has 3 rings (SSSR count). The summed E-state index contributed by atoms with van der Waals surface area (Å²) in [6, 6.07) is 12.2. The second-order valence-corrected chi connectivity index (χ2v) is 7.59. The zero-order valence-corrected chi connectivity index (χ0v) is 14.7. The SMILES string of the molecule is C[S@](=O)Cc1ccc(Cl)c(NCCc2ccc3c(c2)CCO3)c1. The lowest BCUT2D eigenvalue weighted by Crippen LogP contribution is -2.06. The lowest BCUT2D eigenvalue weighted by atomic mass is 10.1. The van der Waals surface area contributed by atoms with Gasteiger partial charge in [-0.2, -0.15) is 0 Å². The second kappa shape index (κ2) is 7.37. The van der Waals surface area contributed by atoms with E-state index in [1.54, 1.807) is 6.26 Å². The van der Waals surface area contributed by atoms with Crippen molar-refractivity contribution in [3.63, 3.8) is 0 Å². The number of hydrogen-bond acceptors (Lipinski definition) is 3. The van der Waals surface area contributed by atoms with Gasteiger partial charge in [-0.3, -0.25) is 4.21 Å². The average molecular weight is 350 g/mol. The number of halogens is 1. The zero-order valence-electron chi connectivity index (χ0n) is 13.1. The summed E-state index contributed by atoms with van der Waals surface area (Å²) in [6.07, 6.45) is 3.63. The van der Waals surface area contributed by atoms with Crippen molar-refractivity contribution in [2.45, 2.75) is 18.6 Å². The van der Waals surface area contributed by atoms with Crippen molar-refractivity contribution in [1.82, 2.24) is 0 Å². The lowest BCUT2D eigenvalue weighted by Gasteiger charge is -2.11. The Morgan fingerprint density at radius 3 is 2.87 bits per heavy atom. The molecular weight excluding hydrogens is 330 g/mol. The number of ether oxygens (including phenoxy) is 1. The molecule has 0 saturated carbocycles. The van der Waals surface area contributed by atoms with Gasteiger partial charge < -0.3 is 10.1 Å². The van der Waals surface area contributed by atoms with E-state index in [2.05, 4.69) is 23.5 Å². The summed E-state index contributed by atoms with van der Waals surface area (Å²) in [7, 11) is -0.850. The number of hydrogen-bond donors (Lipinski definition) is 1. The van der Waals surface area contributed by atoms with Crippen molar-refractivity contribution >= 4 is 28.1 Å². The van der Waals surface area contributed by atoms with Gasteiger partial charge in [0.2, 0.25) is 0 Å². The van der Waals surface area contributed by atoms with Gasteiger partial charge in [0, 0.05) is 35.8 Å². The maximum absolute atomic E-state index is 11.3. The molecule has 0 aliphatic carbocycles. The first-order chi connectivity index (χ1) is 11.1. The first kappa shape index (κ1) is 16.3. The topological polar surface area (TPSA) is 38.3 Å². The quantitative estimate of drug-likeness (QED) is 0.861. The van der Waals surface area contributed by atoms with Crippen LogP contribution in [0.15, 0.2) is 36.4 Å². The minimum Gasteiger partial charge on any atom is -0.493 e. The molecule has 1 aliphatic heterocycles. The minimum absolute atomic E-state index is 0.552. The molecule has 23 heavy (non-hydrogen) atoms. The van der Waals surface area contributed by atoms with E-state index in [9.17, 15) is 4.21 Å². The van der Waals surface area contributed by atoms with Crippen molar-refractivity contribution in [1.29, 1.82) is 0 Å². The van der Waals surface area contributed by atoms with E-state index in [1.165, 1.54) is 11.1 Å². The Bertz CT molecular complexity index is 733. The summed E-state index contributed by atoms with van der Waals surface area (Å²) in [5, 5.41) is 4.07. The molecule has 1 heterocycles. The molecule has 0 fully saturated rings. The highest BCUT2D eigenvalue weighted by Crippen LogP contribution is 2.27. The van der Waals surface area contributed by atoms with Crippen LogP contribution in [0.25, 0.3) is 0 Å². The summed E-state index contributed by atoms with van der Waals surface area (Å²) in [5.74, 6) is 1.57. The molecule has 0 radical (unpaired) electrons. The number of nitrogens with one attached hydrogen (secondary N) is 1. The molecule has 1 aliphatic rings. The average Bonchev–Trinajstić information content (AvgIpc) is 2.97. The molecule has 122 valence electrons. The van der Waals surface area contributed by atoms with Gasteiger partial charge in [0.15, 0.2) is 0 Å². The largest absolute Gasteiger partial charge is 0.493 e. The van der Waals surface area contributed by atoms with Crippen molar-refractivity contribution in [2.75, 3.05) is 24.7 Å². The van der Waals surface area contributed by atoms with Crippen LogP contribution in [-0.2, 0) is 29.4 Å². The molecule has 2 aromatic carbocycles. The highest BCUT2D eigenvalue weighted by atomic mass is 35.5. The van der Waals surface area contributed by atoms with Crippen LogP contribution in [0.3, 0.4) is 0 Å². The zero-order chi connectivity index (χ0) is 16.2. The maximum atomic E-state index is 11.3. The summed E-state index contributed by atoms with van der Waals surface area (Å²) < 4.78 is 16.9. The third kappa shape index (κ3) is 4.27. The van der Waals surface area contributed by atoms with Gasteiger partial charge in [0.05, 0.1) is 17.3 Å². The van der Waals surface area contributed by atoms with Gasteiger partial charge in [0.25, 0.3) is 0 Å². The molecule has 0 amide bonds. The van der Waals surface area contributed by atoms with E-state index in [0.29, 0.717) is 10.8 Å². The fourth-order valence-electron chi connectivity index (χ4n) is 2.77. The van der Waals surface area contributed by atoms with Crippen LogP contribution in [0, 0.1) is 0 Å². The van der Waals surface area contributed by atoms with Crippen LogP contribution in [0.2, 0.25) is 5.02 Å². The number of rotatable bonds is 6. The predicted molar refractivity (Wildman–Crippen MR) is 97.1 cm³/mol. The molecule has 0 spiro atoms. The van der Waals surface area contributed by atoms with E-state index >= 15 is 0 Å². The Morgan fingerprint density at radius 2 is 2.04 bits per heavy atom. The second-order valence-electron chi connectivity index (χ2n) is 5.75. The molecule has 2 aromatic rings. The third-order valence-electron chi connectivity index (χ3n) is 3.88. The Kier molecular flexibility index (Phi) is 5.23. The van der Waals surface area contributed by atoms with E-state index in [1.807, 2.05) is 18.2 Å². The van der Waals surface area contributed by atoms with Crippen LogP contribution in [0.4, 0.5) is 5.69 Å². The molecule has 3 nitrogen and oxygen atoms in total. The minimum atomic E-state index is -0.850. The summed E-state index contributed by atoms with van der Waals surface area (Å²) in [5.41, 5.74) is 4.53. The van der Waals surface area contributed by atoms with E-state index in [-0.39, 0.29) is 0 Å². The van der Waals surface area contributed by atoms with Crippen LogP contribution in [0.5, 0.6) is 5.75 Å².